The van der Waals surface area contributed by atoms with E-state index in [1.54, 1.807) is 0 Å². The van der Waals surface area contributed by atoms with Gasteiger partial charge in [0.1, 0.15) is 5.82 Å². The van der Waals surface area contributed by atoms with Gasteiger partial charge in [0.15, 0.2) is 0 Å². The molecule has 1 N–H and O–H groups in total. The number of thioether (sulfide) groups is 1. The van der Waals surface area contributed by atoms with Gasteiger partial charge in [-0.15, -0.1) is 0 Å². The number of fused-ring (bicyclic) bond motifs is 1. The van der Waals surface area contributed by atoms with Gasteiger partial charge in [-0.3, -0.25) is 0 Å². The van der Waals surface area contributed by atoms with Crippen molar-refractivity contribution in [3.63, 3.8) is 0 Å². The van der Waals surface area contributed by atoms with Crippen LogP contribution in [0.15, 0.2) is 0 Å². The first-order chi connectivity index (χ1) is 9.78. The van der Waals surface area contributed by atoms with E-state index in [1.807, 2.05) is 11.8 Å². The van der Waals surface area contributed by atoms with E-state index in [4.69, 9.17) is 9.97 Å². The lowest BCUT2D eigenvalue weighted by Gasteiger charge is -2.29. The summed E-state index contributed by atoms with van der Waals surface area (Å²) in [5.74, 6) is 2.74. The minimum atomic E-state index is 0.698. The molecule has 0 amide bonds. The number of nitrogens with zero attached hydrogens (tertiary/aromatic N) is 2. The highest BCUT2D eigenvalue weighted by molar-refractivity contribution is 7.99. The van der Waals surface area contributed by atoms with Crippen molar-refractivity contribution in [2.45, 2.75) is 69.4 Å². The highest BCUT2D eigenvalue weighted by Gasteiger charge is 2.27. The second kappa shape index (κ2) is 6.44. The zero-order valence-electron chi connectivity index (χ0n) is 12.6. The van der Waals surface area contributed by atoms with E-state index in [1.165, 1.54) is 42.6 Å². The van der Waals surface area contributed by atoms with E-state index in [0.717, 1.165) is 31.1 Å². The SMILES string of the molecule is CCC(C)SCc1nc2c(c(C3CCC3)n1)CNCC2. The second-order valence-corrected chi connectivity index (χ2v) is 7.46. The second-order valence-electron chi connectivity index (χ2n) is 6.03. The molecular formula is C16H25N3S. The summed E-state index contributed by atoms with van der Waals surface area (Å²) in [6.07, 6.45) is 6.30. The Morgan fingerprint density at radius 2 is 2.20 bits per heavy atom. The molecule has 1 aliphatic heterocycles. The van der Waals surface area contributed by atoms with E-state index in [-0.39, 0.29) is 0 Å². The maximum absolute atomic E-state index is 4.94. The van der Waals surface area contributed by atoms with Crippen LogP contribution in [0.5, 0.6) is 0 Å². The Bertz CT molecular complexity index is 471. The van der Waals surface area contributed by atoms with Crippen molar-refractivity contribution < 1.29 is 0 Å². The molecule has 0 bridgehead atoms. The molecule has 1 aliphatic carbocycles. The van der Waals surface area contributed by atoms with Crippen LogP contribution in [-0.2, 0) is 18.7 Å². The molecular weight excluding hydrogens is 266 g/mol. The molecule has 0 radical (unpaired) electrons. The summed E-state index contributed by atoms with van der Waals surface area (Å²) in [6, 6.07) is 0. The van der Waals surface area contributed by atoms with Crippen molar-refractivity contribution in [1.82, 2.24) is 15.3 Å². The van der Waals surface area contributed by atoms with Crippen molar-refractivity contribution in [1.29, 1.82) is 0 Å². The highest BCUT2D eigenvalue weighted by Crippen LogP contribution is 2.38. The van der Waals surface area contributed by atoms with E-state index >= 15 is 0 Å². The summed E-state index contributed by atoms with van der Waals surface area (Å²) >= 11 is 1.99. The molecule has 2 aliphatic rings. The molecule has 0 saturated heterocycles. The third-order valence-electron chi connectivity index (χ3n) is 4.58. The Kier molecular flexibility index (Phi) is 4.61. The van der Waals surface area contributed by atoms with E-state index in [0.29, 0.717) is 11.2 Å². The van der Waals surface area contributed by atoms with Gasteiger partial charge in [-0.25, -0.2) is 9.97 Å². The molecule has 20 heavy (non-hydrogen) atoms. The average Bonchev–Trinajstić information content (AvgIpc) is 2.43. The van der Waals surface area contributed by atoms with Crippen LogP contribution in [-0.4, -0.2) is 21.8 Å². The Labute approximate surface area is 126 Å². The number of hydrogen-bond donors (Lipinski definition) is 1. The van der Waals surface area contributed by atoms with Gasteiger partial charge < -0.3 is 5.32 Å². The molecule has 1 unspecified atom stereocenters. The predicted octanol–water partition coefficient (Wildman–Crippen LogP) is 3.42. The fraction of sp³-hybridized carbons (Fsp3) is 0.750. The Morgan fingerprint density at radius 1 is 1.35 bits per heavy atom. The fourth-order valence-corrected chi connectivity index (χ4v) is 3.64. The molecule has 3 rings (SSSR count). The zero-order chi connectivity index (χ0) is 13.9. The van der Waals surface area contributed by atoms with Gasteiger partial charge in [0.25, 0.3) is 0 Å². The van der Waals surface area contributed by atoms with Gasteiger partial charge in [-0.1, -0.05) is 20.3 Å². The fourth-order valence-electron chi connectivity index (χ4n) is 2.84. The number of nitrogens with one attached hydrogen (secondary N) is 1. The van der Waals surface area contributed by atoms with Crippen molar-refractivity contribution in [2.24, 2.45) is 0 Å². The van der Waals surface area contributed by atoms with E-state index in [2.05, 4.69) is 19.2 Å². The molecule has 0 spiro atoms. The largest absolute Gasteiger partial charge is 0.312 e. The molecule has 0 aromatic carbocycles. The molecule has 1 fully saturated rings. The van der Waals surface area contributed by atoms with Gasteiger partial charge in [0.2, 0.25) is 0 Å². The summed E-state index contributed by atoms with van der Waals surface area (Å²) in [7, 11) is 0. The van der Waals surface area contributed by atoms with Crippen molar-refractivity contribution >= 4 is 11.8 Å². The molecule has 1 saturated carbocycles. The first-order valence-electron chi connectivity index (χ1n) is 7.98. The third-order valence-corrected chi connectivity index (χ3v) is 5.90. The minimum Gasteiger partial charge on any atom is -0.312 e. The normalized spacial score (nSPS) is 20.3. The Hall–Kier alpha value is -0.610. The van der Waals surface area contributed by atoms with Gasteiger partial charge >= 0.3 is 0 Å². The standard InChI is InChI=1S/C16H25N3S/c1-3-11(2)20-10-15-18-14-7-8-17-9-13(14)16(19-15)12-5-4-6-12/h11-12,17H,3-10H2,1-2H3. The maximum atomic E-state index is 4.94. The summed E-state index contributed by atoms with van der Waals surface area (Å²) < 4.78 is 0. The smallest absolute Gasteiger partial charge is 0.138 e. The average molecular weight is 291 g/mol. The molecule has 1 atom stereocenters. The molecule has 1 aromatic rings. The van der Waals surface area contributed by atoms with Crippen LogP contribution in [0.4, 0.5) is 0 Å². The Balaban J connectivity index is 1.83. The van der Waals surface area contributed by atoms with Gasteiger partial charge in [-0.05, 0) is 19.3 Å². The maximum Gasteiger partial charge on any atom is 0.138 e. The lowest BCUT2D eigenvalue weighted by Crippen LogP contribution is -2.29. The summed E-state index contributed by atoms with van der Waals surface area (Å²) in [5.41, 5.74) is 4.10. The van der Waals surface area contributed by atoms with Crippen LogP contribution >= 0.6 is 11.8 Å². The minimum absolute atomic E-state index is 0.698. The first kappa shape index (κ1) is 14.3. The molecule has 110 valence electrons. The zero-order valence-corrected chi connectivity index (χ0v) is 13.4. The van der Waals surface area contributed by atoms with E-state index in [9.17, 15) is 0 Å². The van der Waals surface area contributed by atoms with Gasteiger partial charge in [-0.2, -0.15) is 11.8 Å². The van der Waals surface area contributed by atoms with Gasteiger partial charge in [0.05, 0.1) is 17.1 Å². The highest BCUT2D eigenvalue weighted by atomic mass is 32.2. The van der Waals surface area contributed by atoms with Crippen molar-refractivity contribution in [3.05, 3.63) is 22.8 Å². The molecule has 4 heteroatoms. The topological polar surface area (TPSA) is 37.8 Å². The number of hydrogen-bond acceptors (Lipinski definition) is 4. The van der Waals surface area contributed by atoms with Crippen molar-refractivity contribution in [2.75, 3.05) is 6.54 Å². The van der Waals surface area contributed by atoms with Crippen LogP contribution in [0.2, 0.25) is 0 Å². The Morgan fingerprint density at radius 3 is 2.90 bits per heavy atom. The molecule has 1 aromatic heterocycles. The predicted molar refractivity (Wildman–Crippen MR) is 85.1 cm³/mol. The van der Waals surface area contributed by atoms with Crippen LogP contribution in [0.3, 0.4) is 0 Å². The third kappa shape index (κ3) is 3.01. The first-order valence-corrected chi connectivity index (χ1v) is 9.03. The monoisotopic (exact) mass is 291 g/mol. The molecule has 3 nitrogen and oxygen atoms in total. The van der Waals surface area contributed by atoms with Crippen molar-refractivity contribution in [3.8, 4) is 0 Å². The van der Waals surface area contributed by atoms with Crippen LogP contribution in [0.1, 0.15) is 68.2 Å². The van der Waals surface area contributed by atoms with Crippen LogP contribution < -0.4 is 5.32 Å². The number of rotatable bonds is 5. The molecule has 2 heterocycles. The lowest BCUT2D eigenvalue weighted by atomic mass is 9.80. The van der Waals surface area contributed by atoms with Gasteiger partial charge in [0, 0.05) is 36.2 Å². The number of aromatic nitrogens is 2. The quantitative estimate of drug-likeness (QED) is 0.902. The summed E-state index contributed by atoms with van der Waals surface area (Å²) in [6.45, 7) is 6.57. The lowest BCUT2D eigenvalue weighted by molar-refractivity contribution is 0.403. The summed E-state index contributed by atoms with van der Waals surface area (Å²) in [4.78, 5) is 9.79. The van der Waals surface area contributed by atoms with Crippen LogP contribution in [0.25, 0.3) is 0 Å². The summed E-state index contributed by atoms with van der Waals surface area (Å²) in [5, 5.41) is 4.18. The van der Waals surface area contributed by atoms with E-state index < -0.39 is 0 Å². The van der Waals surface area contributed by atoms with Crippen LogP contribution in [0, 0.1) is 0 Å².